The number of halogens is 1. The SMILES string of the molecule is C#CCOc1c(Br)cc(C=NNC(=O)COc2ccccc2[C@@H]2NC(=S)NC(C)=C2C(=O)OCC)cc1OCC. The number of rotatable bonds is 12. The number of hydrogen-bond donors (Lipinski definition) is 3. The van der Waals surface area contributed by atoms with Gasteiger partial charge < -0.3 is 29.6 Å². The number of esters is 1. The molecule has 10 nitrogen and oxygen atoms in total. The van der Waals surface area contributed by atoms with E-state index in [1.165, 1.54) is 6.21 Å². The molecule has 210 valence electrons. The lowest BCUT2D eigenvalue weighted by atomic mass is 9.95. The quantitative estimate of drug-likeness (QED) is 0.106. The molecule has 2 aromatic carbocycles. The molecule has 1 atom stereocenters. The number of nitrogens with one attached hydrogen (secondary N) is 3. The van der Waals surface area contributed by atoms with Crippen molar-refractivity contribution >= 4 is 51.4 Å². The number of thiocarbonyl (C=S) groups is 1. The van der Waals surface area contributed by atoms with Gasteiger partial charge in [-0.1, -0.05) is 24.1 Å². The Kier molecular flexibility index (Phi) is 11.4. The molecule has 1 aliphatic heterocycles. The number of amides is 1. The number of carbonyl (C=O) groups excluding carboxylic acids is 2. The molecule has 1 heterocycles. The van der Waals surface area contributed by atoms with Crippen molar-refractivity contribution in [3.8, 4) is 29.6 Å². The minimum Gasteiger partial charge on any atom is -0.490 e. The van der Waals surface area contributed by atoms with E-state index in [0.29, 0.717) is 55.8 Å². The molecule has 1 aliphatic rings. The minimum absolute atomic E-state index is 0.0890. The molecule has 0 fully saturated rings. The molecule has 0 saturated carbocycles. The topological polar surface area (TPSA) is 120 Å². The predicted octanol–water partition coefficient (Wildman–Crippen LogP) is 3.74. The lowest BCUT2D eigenvalue weighted by Crippen LogP contribution is -2.45. The van der Waals surface area contributed by atoms with Crippen molar-refractivity contribution < 1.29 is 28.5 Å². The summed E-state index contributed by atoms with van der Waals surface area (Å²) in [5, 5.41) is 10.4. The summed E-state index contributed by atoms with van der Waals surface area (Å²) in [6.45, 7) is 5.73. The number of carbonyl (C=O) groups is 2. The molecule has 0 aliphatic carbocycles. The van der Waals surface area contributed by atoms with E-state index >= 15 is 0 Å². The molecular formula is C28H29BrN4O6S. The summed E-state index contributed by atoms with van der Waals surface area (Å²) < 4.78 is 22.9. The third kappa shape index (κ3) is 7.97. The third-order valence-electron chi connectivity index (χ3n) is 5.39. The Morgan fingerprint density at radius 1 is 1.18 bits per heavy atom. The first kappa shape index (κ1) is 30.5. The Balaban J connectivity index is 1.70. The highest BCUT2D eigenvalue weighted by molar-refractivity contribution is 9.10. The average Bonchev–Trinajstić information content (AvgIpc) is 2.91. The molecule has 3 rings (SSSR count). The summed E-state index contributed by atoms with van der Waals surface area (Å²) in [5.41, 5.74) is 4.65. The highest BCUT2D eigenvalue weighted by Crippen LogP contribution is 2.37. The van der Waals surface area contributed by atoms with Crippen molar-refractivity contribution in [1.82, 2.24) is 16.1 Å². The lowest BCUT2D eigenvalue weighted by molar-refractivity contribution is -0.139. The standard InChI is InChI=1S/C28H29BrN4O6S/c1-5-12-38-26-20(29)13-18(14-22(26)36-6-2)15-30-33-23(34)16-39-21-11-9-8-10-19(21)25-24(27(35)37-7-3)17(4)31-28(40)32-25/h1,8-11,13-15,25H,6-7,12,16H2,2-4H3,(H,33,34)(H2,31,32,40)/t25-/m0/s1. The maximum absolute atomic E-state index is 12.7. The fourth-order valence-electron chi connectivity index (χ4n) is 3.79. The molecule has 1 amide bonds. The number of benzene rings is 2. The van der Waals surface area contributed by atoms with Gasteiger partial charge in [0.15, 0.2) is 23.2 Å². The van der Waals surface area contributed by atoms with E-state index in [-0.39, 0.29) is 19.8 Å². The molecule has 0 unspecified atom stereocenters. The number of allylic oxidation sites excluding steroid dienone is 1. The van der Waals surface area contributed by atoms with Crippen LogP contribution in [-0.4, -0.2) is 49.6 Å². The summed E-state index contributed by atoms with van der Waals surface area (Å²) >= 11 is 8.75. The van der Waals surface area contributed by atoms with Crippen LogP contribution in [0.15, 0.2) is 57.2 Å². The smallest absolute Gasteiger partial charge is 0.338 e. The second kappa shape index (κ2) is 14.9. The van der Waals surface area contributed by atoms with Crippen molar-refractivity contribution in [2.45, 2.75) is 26.8 Å². The fraction of sp³-hybridized carbons (Fsp3) is 0.286. The largest absolute Gasteiger partial charge is 0.490 e. The van der Waals surface area contributed by atoms with Crippen molar-refractivity contribution in [2.24, 2.45) is 5.10 Å². The van der Waals surface area contributed by atoms with Gasteiger partial charge in [0.2, 0.25) is 0 Å². The van der Waals surface area contributed by atoms with Crippen LogP contribution >= 0.6 is 28.1 Å². The molecule has 0 spiro atoms. The summed E-state index contributed by atoms with van der Waals surface area (Å²) in [5.74, 6) is 2.80. The van der Waals surface area contributed by atoms with E-state index in [1.807, 2.05) is 6.92 Å². The first-order valence-electron chi connectivity index (χ1n) is 12.3. The zero-order chi connectivity index (χ0) is 29.1. The Hall–Kier alpha value is -4.08. The zero-order valence-corrected chi connectivity index (χ0v) is 24.6. The number of para-hydroxylation sites is 1. The maximum atomic E-state index is 12.7. The zero-order valence-electron chi connectivity index (χ0n) is 22.2. The van der Waals surface area contributed by atoms with Crippen LogP contribution < -0.4 is 30.3 Å². The summed E-state index contributed by atoms with van der Waals surface area (Å²) in [6, 6.07) is 9.89. The van der Waals surface area contributed by atoms with E-state index in [0.717, 1.165) is 0 Å². The molecule has 3 N–H and O–H groups in total. The third-order valence-corrected chi connectivity index (χ3v) is 6.20. The molecule has 2 aromatic rings. The molecule has 0 aromatic heterocycles. The van der Waals surface area contributed by atoms with Gasteiger partial charge in [0, 0.05) is 11.3 Å². The number of hydrogen-bond acceptors (Lipinski definition) is 8. The molecular weight excluding hydrogens is 600 g/mol. The van der Waals surface area contributed by atoms with Gasteiger partial charge in [-0.2, -0.15) is 5.10 Å². The number of hydrazone groups is 1. The monoisotopic (exact) mass is 628 g/mol. The van der Waals surface area contributed by atoms with Gasteiger partial charge in [-0.25, -0.2) is 10.2 Å². The van der Waals surface area contributed by atoms with Gasteiger partial charge in [-0.3, -0.25) is 4.79 Å². The number of terminal acetylenes is 1. The summed E-state index contributed by atoms with van der Waals surface area (Å²) in [4.78, 5) is 25.2. The number of ether oxygens (including phenoxy) is 4. The second-order valence-electron chi connectivity index (χ2n) is 8.17. The Bertz CT molecular complexity index is 1370. The van der Waals surface area contributed by atoms with Crippen LogP contribution in [0.5, 0.6) is 17.2 Å². The Morgan fingerprint density at radius 3 is 2.67 bits per heavy atom. The van der Waals surface area contributed by atoms with E-state index < -0.39 is 17.9 Å². The Labute approximate surface area is 246 Å². The van der Waals surface area contributed by atoms with Gasteiger partial charge in [0.05, 0.1) is 35.5 Å². The molecule has 0 radical (unpaired) electrons. The highest BCUT2D eigenvalue weighted by Gasteiger charge is 2.32. The first-order valence-corrected chi connectivity index (χ1v) is 13.5. The van der Waals surface area contributed by atoms with E-state index in [2.05, 4.69) is 43.0 Å². The predicted molar refractivity (Wildman–Crippen MR) is 158 cm³/mol. The molecule has 40 heavy (non-hydrogen) atoms. The first-order chi connectivity index (χ1) is 19.3. The van der Waals surface area contributed by atoms with Crippen molar-refractivity contribution in [2.75, 3.05) is 26.4 Å². The van der Waals surface area contributed by atoms with Gasteiger partial charge >= 0.3 is 5.97 Å². The second-order valence-corrected chi connectivity index (χ2v) is 9.43. The van der Waals surface area contributed by atoms with Crippen LogP contribution in [0, 0.1) is 12.3 Å². The minimum atomic E-state index is -0.629. The van der Waals surface area contributed by atoms with Crippen molar-refractivity contribution in [1.29, 1.82) is 0 Å². The number of nitrogens with zero attached hydrogens (tertiary/aromatic N) is 1. The van der Waals surface area contributed by atoms with Gasteiger partial charge in [0.1, 0.15) is 12.4 Å². The van der Waals surface area contributed by atoms with Gasteiger partial charge in [-0.05, 0) is 72.7 Å². The maximum Gasteiger partial charge on any atom is 0.338 e. The van der Waals surface area contributed by atoms with Crippen LogP contribution in [0.2, 0.25) is 0 Å². The van der Waals surface area contributed by atoms with Crippen LogP contribution in [0.3, 0.4) is 0 Å². The molecule has 12 heteroatoms. The molecule has 0 bridgehead atoms. The summed E-state index contributed by atoms with van der Waals surface area (Å²) in [6.07, 6.45) is 6.75. The van der Waals surface area contributed by atoms with Crippen LogP contribution in [0.1, 0.15) is 37.9 Å². The fourth-order valence-corrected chi connectivity index (χ4v) is 4.64. The highest BCUT2D eigenvalue weighted by atomic mass is 79.9. The van der Waals surface area contributed by atoms with Crippen LogP contribution in [0.4, 0.5) is 0 Å². The van der Waals surface area contributed by atoms with E-state index in [4.69, 9.17) is 37.6 Å². The van der Waals surface area contributed by atoms with Crippen LogP contribution in [0.25, 0.3) is 0 Å². The average molecular weight is 630 g/mol. The van der Waals surface area contributed by atoms with Crippen molar-refractivity contribution in [3.05, 3.63) is 63.3 Å². The van der Waals surface area contributed by atoms with Gasteiger partial charge in [0.25, 0.3) is 5.91 Å². The van der Waals surface area contributed by atoms with Crippen LogP contribution in [-0.2, 0) is 14.3 Å². The van der Waals surface area contributed by atoms with Crippen molar-refractivity contribution in [3.63, 3.8) is 0 Å². The van der Waals surface area contributed by atoms with Gasteiger partial charge in [-0.15, -0.1) is 6.42 Å². The van der Waals surface area contributed by atoms with E-state index in [9.17, 15) is 9.59 Å². The normalized spacial score (nSPS) is 14.6. The molecule has 0 saturated heterocycles. The summed E-state index contributed by atoms with van der Waals surface area (Å²) in [7, 11) is 0. The van der Waals surface area contributed by atoms with E-state index in [1.54, 1.807) is 50.2 Å². The Morgan fingerprint density at radius 2 is 1.95 bits per heavy atom. The lowest BCUT2D eigenvalue weighted by Gasteiger charge is -2.30.